The summed E-state index contributed by atoms with van der Waals surface area (Å²) in [4.78, 5) is 11.7. The largest absolute Gasteiger partial charge is 0.361 e. The summed E-state index contributed by atoms with van der Waals surface area (Å²) in [6.07, 6.45) is 24.2. The van der Waals surface area contributed by atoms with Crippen molar-refractivity contribution in [2.24, 2.45) is 0 Å². The van der Waals surface area contributed by atoms with Crippen LogP contribution in [-0.4, -0.2) is 52.5 Å². The summed E-state index contributed by atoms with van der Waals surface area (Å²) >= 11 is 0. The maximum Gasteiger partial charge on any atom is 0.107 e. The van der Waals surface area contributed by atoms with Crippen molar-refractivity contribution >= 4 is 27.9 Å². The summed E-state index contributed by atoms with van der Waals surface area (Å²) in [6.45, 7) is 9.66. The first-order valence-electron chi connectivity index (χ1n) is 17.6. The van der Waals surface area contributed by atoms with Gasteiger partial charge in [0.2, 0.25) is 0 Å². The molecule has 2 N–H and O–H groups in total. The standard InChI is InChI=1S/C26H26N2.C20H21N2/c1-3-10-22(11-4-1)14-9-18-28(21-23-12-5-2-6-13-23)19-17-24-20-27-26-16-8-7-15-25(24)26;1-2-13-22(16-17-8-4-3-5-9-17)14-12-18-15-21-20-11-7-6-10-19(18)20/h1-16,20,27H,17-19,21H2;2-4,6-11,15,21H,1,12-14,16H2/q;+1/b14-9+;. The number of rotatable bonds is 15. The highest BCUT2D eigenvalue weighted by Gasteiger charge is 2.12. The van der Waals surface area contributed by atoms with E-state index < -0.39 is 0 Å². The van der Waals surface area contributed by atoms with Gasteiger partial charge in [-0.15, -0.1) is 6.58 Å². The Kier molecular flexibility index (Phi) is 12.6. The average molecular weight is 656 g/mol. The molecular weight excluding hydrogens is 609 g/mol. The molecule has 0 saturated carbocycles. The first-order chi connectivity index (χ1) is 24.7. The van der Waals surface area contributed by atoms with Crippen molar-refractivity contribution in [1.29, 1.82) is 0 Å². The van der Waals surface area contributed by atoms with E-state index in [0.29, 0.717) is 0 Å². The van der Waals surface area contributed by atoms with Crippen LogP contribution in [0.15, 0.2) is 170 Å². The second-order valence-corrected chi connectivity index (χ2v) is 12.7. The van der Waals surface area contributed by atoms with E-state index in [9.17, 15) is 0 Å². The maximum atomic E-state index is 3.88. The lowest BCUT2D eigenvalue weighted by atomic mass is 10.1. The fraction of sp³-hybridized carbons (Fsp3) is 0.174. The van der Waals surface area contributed by atoms with Gasteiger partial charge < -0.3 is 9.97 Å². The van der Waals surface area contributed by atoms with E-state index in [1.807, 2.05) is 18.2 Å². The van der Waals surface area contributed by atoms with Crippen molar-refractivity contribution in [3.63, 3.8) is 0 Å². The number of hydrogen-bond acceptors (Lipinski definition) is 2. The smallest absolute Gasteiger partial charge is 0.107 e. The van der Waals surface area contributed by atoms with Crippen LogP contribution in [-0.2, 0) is 19.4 Å². The monoisotopic (exact) mass is 655 g/mol. The van der Waals surface area contributed by atoms with Crippen LogP contribution in [0.25, 0.3) is 27.9 Å². The minimum absolute atomic E-state index is 0.900. The fourth-order valence-electron chi connectivity index (χ4n) is 6.42. The molecule has 7 rings (SSSR count). The molecule has 0 aliphatic heterocycles. The predicted molar refractivity (Wildman–Crippen MR) is 213 cm³/mol. The van der Waals surface area contributed by atoms with E-state index in [-0.39, 0.29) is 0 Å². The minimum atomic E-state index is 0.900. The SMILES string of the molecule is C(=C\c1ccccc1)/CN(CCc1c[nH]c2ccccc12)Cc1ccccc1.C=CCN(CCc1c[nH]c2ccccc12)CC1=CC=C[C+]=C1. The molecule has 50 heavy (non-hydrogen) atoms. The molecule has 1 aliphatic carbocycles. The Hall–Kier alpha value is -5.51. The molecule has 0 spiro atoms. The van der Waals surface area contributed by atoms with Crippen LogP contribution >= 0.6 is 0 Å². The third kappa shape index (κ3) is 10.0. The van der Waals surface area contributed by atoms with Gasteiger partial charge in [0.1, 0.15) is 12.2 Å². The first kappa shape index (κ1) is 34.4. The maximum absolute atomic E-state index is 3.88. The summed E-state index contributed by atoms with van der Waals surface area (Å²) in [7, 11) is 0. The Bertz CT molecular complexity index is 2040. The molecule has 4 heteroatoms. The number of para-hydroxylation sites is 2. The van der Waals surface area contributed by atoms with Gasteiger partial charge in [0.15, 0.2) is 0 Å². The fourth-order valence-corrected chi connectivity index (χ4v) is 6.42. The Morgan fingerprint density at radius 3 is 1.82 bits per heavy atom. The zero-order valence-corrected chi connectivity index (χ0v) is 28.8. The molecule has 2 aromatic heterocycles. The minimum Gasteiger partial charge on any atom is -0.361 e. The number of benzene rings is 4. The number of H-pyrrole nitrogens is 2. The number of fused-ring (bicyclic) bond motifs is 2. The summed E-state index contributed by atoms with van der Waals surface area (Å²) in [6, 6.07) is 38.3. The molecule has 0 amide bonds. The number of allylic oxidation sites excluding steroid dienone is 4. The molecule has 0 bridgehead atoms. The van der Waals surface area contributed by atoms with E-state index in [2.05, 4.69) is 178 Å². The summed E-state index contributed by atoms with van der Waals surface area (Å²) in [5.41, 5.74) is 9.10. The lowest BCUT2D eigenvalue weighted by Crippen LogP contribution is -2.28. The lowest BCUT2D eigenvalue weighted by molar-refractivity contribution is 0.299. The van der Waals surface area contributed by atoms with Crippen LogP contribution in [0.1, 0.15) is 22.3 Å². The number of aromatic amines is 2. The van der Waals surface area contributed by atoms with E-state index in [0.717, 1.165) is 52.1 Å². The predicted octanol–water partition coefficient (Wildman–Crippen LogP) is 9.98. The molecule has 6 aromatic rings. The van der Waals surface area contributed by atoms with Crippen molar-refractivity contribution in [2.75, 3.05) is 32.7 Å². The van der Waals surface area contributed by atoms with E-state index >= 15 is 0 Å². The van der Waals surface area contributed by atoms with Crippen LogP contribution in [0, 0.1) is 6.08 Å². The summed E-state index contributed by atoms with van der Waals surface area (Å²) in [5.74, 6) is 0. The highest BCUT2D eigenvalue weighted by molar-refractivity contribution is 5.83. The van der Waals surface area contributed by atoms with Crippen LogP contribution < -0.4 is 0 Å². The molecule has 0 unspecified atom stereocenters. The second-order valence-electron chi connectivity index (χ2n) is 12.7. The van der Waals surface area contributed by atoms with Crippen molar-refractivity contribution in [3.05, 3.63) is 199 Å². The Morgan fingerprint density at radius 1 is 0.640 bits per heavy atom. The molecule has 2 heterocycles. The molecule has 0 radical (unpaired) electrons. The molecule has 0 atom stereocenters. The molecule has 250 valence electrons. The van der Waals surface area contributed by atoms with E-state index in [4.69, 9.17) is 0 Å². The van der Waals surface area contributed by atoms with Crippen molar-refractivity contribution in [2.45, 2.75) is 19.4 Å². The molecule has 4 aromatic carbocycles. The van der Waals surface area contributed by atoms with Crippen LogP contribution in [0.5, 0.6) is 0 Å². The van der Waals surface area contributed by atoms with Crippen molar-refractivity contribution in [3.8, 4) is 0 Å². The lowest BCUT2D eigenvalue weighted by Gasteiger charge is -2.21. The topological polar surface area (TPSA) is 38.1 Å². The first-order valence-corrected chi connectivity index (χ1v) is 17.6. The summed E-state index contributed by atoms with van der Waals surface area (Å²) in [5, 5.41) is 2.66. The van der Waals surface area contributed by atoms with Gasteiger partial charge in [0.25, 0.3) is 0 Å². The number of nitrogens with one attached hydrogen (secondary N) is 2. The number of hydrogen-bond donors (Lipinski definition) is 2. The average Bonchev–Trinajstić information content (AvgIpc) is 3.78. The van der Waals surface area contributed by atoms with Crippen LogP contribution in [0.3, 0.4) is 0 Å². The normalized spacial score (nSPS) is 12.4. The van der Waals surface area contributed by atoms with Gasteiger partial charge in [-0.1, -0.05) is 115 Å². The quantitative estimate of drug-likeness (QED) is 0.0854. The van der Waals surface area contributed by atoms with Gasteiger partial charge in [-0.05, 0) is 47.2 Å². The summed E-state index contributed by atoms with van der Waals surface area (Å²) < 4.78 is 0. The van der Waals surface area contributed by atoms with Crippen molar-refractivity contribution < 1.29 is 0 Å². The Labute approximate surface area is 297 Å². The van der Waals surface area contributed by atoms with Crippen LogP contribution in [0.4, 0.5) is 0 Å². The van der Waals surface area contributed by atoms with E-state index in [1.54, 1.807) is 0 Å². The molecule has 1 aliphatic rings. The highest BCUT2D eigenvalue weighted by atomic mass is 15.1. The van der Waals surface area contributed by atoms with Crippen LogP contribution in [0.2, 0.25) is 0 Å². The van der Waals surface area contributed by atoms with Gasteiger partial charge >= 0.3 is 0 Å². The van der Waals surface area contributed by atoms with Gasteiger partial charge in [-0.25, -0.2) is 0 Å². The highest BCUT2D eigenvalue weighted by Crippen LogP contribution is 2.20. The second kappa shape index (κ2) is 18.3. The van der Waals surface area contributed by atoms with Gasteiger partial charge in [-0.3, -0.25) is 9.80 Å². The van der Waals surface area contributed by atoms with E-state index in [1.165, 1.54) is 49.6 Å². The third-order valence-electron chi connectivity index (χ3n) is 9.03. The zero-order chi connectivity index (χ0) is 34.2. The molecule has 0 saturated heterocycles. The zero-order valence-electron chi connectivity index (χ0n) is 28.8. The number of aromatic nitrogens is 2. The Morgan fingerprint density at radius 2 is 1.22 bits per heavy atom. The van der Waals surface area contributed by atoms with Gasteiger partial charge in [0, 0.05) is 79.1 Å². The third-order valence-corrected chi connectivity index (χ3v) is 9.03. The molecule has 0 fully saturated rings. The molecular formula is C46H47N4+. The van der Waals surface area contributed by atoms with Gasteiger partial charge in [0.05, 0.1) is 18.2 Å². The Balaban J connectivity index is 0.000000178. The molecule has 4 nitrogen and oxygen atoms in total. The van der Waals surface area contributed by atoms with Crippen molar-refractivity contribution in [1.82, 2.24) is 19.8 Å². The van der Waals surface area contributed by atoms with Gasteiger partial charge in [-0.2, -0.15) is 0 Å². The number of nitrogens with zero attached hydrogens (tertiary/aromatic N) is 2.